The fourth-order valence-electron chi connectivity index (χ4n) is 11.5. The molecule has 0 saturated heterocycles. The fraction of sp³-hybridized carbons (Fsp3) is 1.00. The summed E-state index contributed by atoms with van der Waals surface area (Å²) in [4.78, 5) is 0. The summed E-state index contributed by atoms with van der Waals surface area (Å²) in [5.74, 6) is 6.62. The first-order valence-electron chi connectivity index (χ1n) is 29.5. The zero-order valence-corrected chi connectivity index (χ0v) is 44.3. The van der Waals surface area contributed by atoms with Crippen LogP contribution in [0.5, 0.6) is 0 Å². The van der Waals surface area contributed by atoms with Crippen molar-refractivity contribution in [2.24, 2.45) is 41.4 Å². The Kier molecular flexibility index (Phi) is 47.9. The zero-order valence-electron chi connectivity index (χ0n) is 44.3. The van der Waals surface area contributed by atoms with Crippen molar-refractivity contribution in [2.75, 3.05) is 6.61 Å². The molecule has 0 radical (unpaired) electrons. The van der Waals surface area contributed by atoms with Gasteiger partial charge in [-0.1, -0.05) is 325 Å². The van der Waals surface area contributed by atoms with Gasteiger partial charge in [0, 0.05) is 6.61 Å². The van der Waals surface area contributed by atoms with Crippen LogP contribution < -0.4 is 0 Å². The van der Waals surface area contributed by atoms with Crippen molar-refractivity contribution in [2.45, 2.75) is 338 Å². The topological polar surface area (TPSA) is 20.2 Å². The average Bonchev–Trinajstić information content (AvgIpc) is 3.27. The zero-order chi connectivity index (χ0) is 44.9. The summed E-state index contributed by atoms with van der Waals surface area (Å²) >= 11 is 0. The molecule has 0 fully saturated rings. The quantitative estimate of drug-likeness (QED) is 0.0646. The normalized spacial score (nSPS) is 12.4. The largest absolute Gasteiger partial charge is 0.396 e. The van der Waals surface area contributed by atoms with Gasteiger partial charge < -0.3 is 5.11 Å². The molecule has 0 heterocycles. The number of aliphatic hydroxyl groups excluding tert-OH is 1. The van der Waals surface area contributed by atoms with Crippen molar-refractivity contribution in [3.63, 3.8) is 0 Å². The summed E-state index contributed by atoms with van der Waals surface area (Å²) in [6, 6.07) is 0. The van der Waals surface area contributed by atoms with Crippen molar-refractivity contribution in [1.82, 2.24) is 0 Å². The van der Waals surface area contributed by atoms with Crippen molar-refractivity contribution in [3.8, 4) is 0 Å². The highest BCUT2D eigenvalue weighted by Gasteiger charge is 2.19. The van der Waals surface area contributed by atoms with E-state index in [0.717, 1.165) is 47.8 Å². The van der Waals surface area contributed by atoms with Gasteiger partial charge in [0.25, 0.3) is 0 Å². The number of hydrogen-bond acceptors (Lipinski definition) is 1. The number of rotatable bonds is 51. The van der Waals surface area contributed by atoms with Gasteiger partial charge in [-0.15, -0.1) is 0 Å². The lowest BCUT2D eigenvalue weighted by Crippen LogP contribution is -2.09. The minimum absolute atomic E-state index is 0.380. The summed E-state index contributed by atoms with van der Waals surface area (Å²) in [7, 11) is 0. The molecule has 0 unspecified atom stereocenters. The van der Waals surface area contributed by atoms with Gasteiger partial charge in [-0.05, 0) is 54.3 Å². The second-order valence-electron chi connectivity index (χ2n) is 21.7. The smallest absolute Gasteiger partial charge is 0.0431 e. The first-order chi connectivity index (χ1) is 29.9. The van der Waals surface area contributed by atoms with Crippen LogP contribution in [0.2, 0.25) is 0 Å². The molecule has 0 spiro atoms. The van der Waals surface area contributed by atoms with Gasteiger partial charge in [0.05, 0.1) is 0 Å². The fourth-order valence-corrected chi connectivity index (χ4v) is 11.5. The predicted octanol–water partition coefficient (Wildman–Crippen LogP) is 21.6. The van der Waals surface area contributed by atoms with Crippen LogP contribution >= 0.6 is 0 Å². The maximum absolute atomic E-state index is 9.94. The van der Waals surface area contributed by atoms with Gasteiger partial charge in [0.15, 0.2) is 0 Å². The first-order valence-corrected chi connectivity index (χ1v) is 29.5. The lowest BCUT2D eigenvalue weighted by atomic mass is 9.82. The number of hydrogen-bond donors (Lipinski definition) is 1. The van der Waals surface area contributed by atoms with Gasteiger partial charge in [0.1, 0.15) is 0 Å². The Morgan fingerprint density at radius 1 is 0.180 bits per heavy atom. The second-order valence-corrected chi connectivity index (χ2v) is 21.7. The van der Waals surface area contributed by atoms with Crippen LogP contribution in [0.1, 0.15) is 338 Å². The van der Waals surface area contributed by atoms with E-state index in [0.29, 0.717) is 6.61 Å². The van der Waals surface area contributed by atoms with E-state index < -0.39 is 0 Å². The lowest BCUT2D eigenvalue weighted by Gasteiger charge is -2.24. The maximum atomic E-state index is 9.94. The molecule has 0 aliphatic heterocycles. The maximum Gasteiger partial charge on any atom is 0.0431 e. The second kappa shape index (κ2) is 47.9. The molecule has 0 aromatic heterocycles. The monoisotopic (exact) mass is 859 g/mol. The van der Waals surface area contributed by atoms with Crippen LogP contribution in [0, 0.1) is 41.4 Å². The molecular formula is C60H122O. The molecule has 0 aliphatic rings. The Labute approximate surface area is 389 Å². The van der Waals surface area contributed by atoms with Gasteiger partial charge in [-0.2, -0.15) is 0 Å². The highest BCUT2D eigenvalue weighted by molar-refractivity contribution is 4.72. The number of aliphatic hydroxyl groups is 1. The van der Waals surface area contributed by atoms with E-state index in [1.165, 1.54) is 276 Å². The van der Waals surface area contributed by atoms with Crippen molar-refractivity contribution in [3.05, 3.63) is 0 Å². The molecule has 1 N–H and O–H groups in total. The standard InChI is InChI=1S/C60H122O/c1-9-17-32-54(33-18-10-2)40-25-44-58(45-26-41-55(34-19-11-3)35-20-12-4)48-29-50-60(52-31-53-61)51-30-49-59(46-27-42-56(36-21-13-5)37-22-14-6)47-28-43-57(38-23-15-7)39-24-16-8/h54-61H,9-53H2,1-8H3. The SMILES string of the molecule is CCCCC(CCCC)CCCC(CCCC(CCCC)CCCC)CCCC(CCCO)CCCC(CCCC(CCCC)CCCC)CCCC(CCCC)CCCC. The minimum atomic E-state index is 0.380. The molecular weight excluding hydrogens is 737 g/mol. The van der Waals surface area contributed by atoms with Crippen LogP contribution in [-0.2, 0) is 0 Å². The summed E-state index contributed by atoms with van der Waals surface area (Å²) in [6.07, 6.45) is 62.8. The highest BCUT2D eigenvalue weighted by Crippen LogP contribution is 2.34. The Bertz CT molecular complexity index is 659. The molecule has 0 aromatic rings. The molecule has 1 heteroatoms. The third kappa shape index (κ3) is 38.9. The summed E-state index contributed by atoms with van der Waals surface area (Å²) in [5, 5.41) is 9.94. The Morgan fingerprint density at radius 2 is 0.295 bits per heavy atom. The van der Waals surface area contributed by atoms with E-state index >= 15 is 0 Å². The van der Waals surface area contributed by atoms with Crippen LogP contribution in [0.3, 0.4) is 0 Å². The van der Waals surface area contributed by atoms with E-state index in [1.54, 1.807) is 0 Å². The summed E-state index contributed by atoms with van der Waals surface area (Å²) < 4.78 is 0. The molecule has 0 aliphatic carbocycles. The third-order valence-corrected chi connectivity index (χ3v) is 15.8. The Balaban J connectivity index is 5.59. The molecule has 0 amide bonds. The summed E-state index contributed by atoms with van der Waals surface area (Å²) in [5.41, 5.74) is 0. The van der Waals surface area contributed by atoms with Crippen LogP contribution in [-0.4, -0.2) is 11.7 Å². The third-order valence-electron chi connectivity index (χ3n) is 15.8. The predicted molar refractivity (Wildman–Crippen MR) is 280 cm³/mol. The van der Waals surface area contributed by atoms with Gasteiger partial charge in [-0.3, -0.25) is 0 Å². The number of unbranched alkanes of at least 4 members (excludes halogenated alkanes) is 8. The van der Waals surface area contributed by atoms with Crippen LogP contribution in [0.25, 0.3) is 0 Å². The van der Waals surface area contributed by atoms with Gasteiger partial charge >= 0.3 is 0 Å². The van der Waals surface area contributed by atoms with Crippen LogP contribution in [0.4, 0.5) is 0 Å². The van der Waals surface area contributed by atoms with Crippen molar-refractivity contribution >= 4 is 0 Å². The molecule has 0 atom stereocenters. The average molecular weight is 860 g/mol. The highest BCUT2D eigenvalue weighted by atomic mass is 16.2. The van der Waals surface area contributed by atoms with Gasteiger partial charge in [0.2, 0.25) is 0 Å². The molecule has 1 nitrogen and oxygen atoms in total. The first kappa shape index (κ1) is 61.0. The lowest BCUT2D eigenvalue weighted by molar-refractivity contribution is 0.253. The van der Waals surface area contributed by atoms with E-state index in [9.17, 15) is 5.11 Å². The summed E-state index contributed by atoms with van der Waals surface area (Å²) in [6.45, 7) is 19.4. The molecule has 0 aromatic carbocycles. The Hall–Kier alpha value is -0.0400. The van der Waals surface area contributed by atoms with Crippen LogP contribution in [0.15, 0.2) is 0 Å². The minimum Gasteiger partial charge on any atom is -0.396 e. The molecule has 0 saturated carbocycles. The van der Waals surface area contributed by atoms with Crippen molar-refractivity contribution in [1.29, 1.82) is 0 Å². The van der Waals surface area contributed by atoms with E-state index in [-0.39, 0.29) is 0 Å². The molecule has 0 bridgehead atoms. The van der Waals surface area contributed by atoms with Crippen molar-refractivity contribution < 1.29 is 5.11 Å². The van der Waals surface area contributed by atoms with Gasteiger partial charge in [-0.25, -0.2) is 0 Å². The Morgan fingerprint density at radius 3 is 0.410 bits per heavy atom. The molecule has 368 valence electrons. The molecule has 61 heavy (non-hydrogen) atoms. The molecule has 0 rings (SSSR count). The van der Waals surface area contributed by atoms with E-state index in [1.807, 2.05) is 0 Å². The van der Waals surface area contributed by atoms with E-state index in [4.69, 9.17) is 0 Å². The van der Waals surface area contributed by atoms with E-state index in [2.05, 4.69) is 55.4 Å².